The Morgan fingerprint density at radius 3 is 2.59 bits per heavy atom. The second-order valence-corrected chi connectivity index (χ2v) is 8.88. The molecule has 0 spiro atoms. The summed E-state index contributed by atoms with van der Waals surface area (Å²) in [6.45, 7) is 1.94. The fourth-order valence-corrected chi connectivity index (χ4v) is 4.00. The average molecular weight is 448 g/mol. The lowest BCUT2D eigenvalue weighted by molar-refractivity contribution is -0.115. The van der Waals surface area contributed by atoms with E-state index in [1.165, 1.54) is 41.2 Å². The fourth-order valence-electron chi connectivity index (χ4n) is 3.79. The molecule has 0 radical (unpaired) electrons. The van der Waals surface area contributed by atoms with E-state index in [1.807, 2.05) is 49.4 Å². The first-order chi connectivity index (χ1) is 15.6. The van der Waals surface area contributed by atoms with Crippen molar-refractivity contribution in [3.05, 3.63) is 77.7 Å². The molecule has 164 valence electrons. The van der Waals surface area contributed by atoms with Gasteiger partial charge in [0.05, 0.1) is 23.5 Å². The number of hydrogen-bond acceptors (Lipinski definition) is 3. The monoisotopic (exact) mass is 447 g/mol. The van der Waals surface area contributed by atoms with Crippen LogP contribution in [-0.4, -0.2) is 24.8 Å². The molecule has 1 aromatic carbocycles. The van der Waals surface area contributed by atoms with Crippen molar-refractivity contribution in [3.63, 3.8) is 0 Å². The molecule has 0 atom stereocenters. The van der Waals surface area contributed by atoms with Gasteiger partial charge in [0.25, 0.3) is 0 Å². The minimum absolute atomic E-state index is 0.134. The van der Waals surface area contributed by atoms with Crippen LogP contribution in [0.3, 0.4) is 0 Å². The lowest BCUT2D eigenvalue weighted by Crippen LogP contribution is -2.14. The van der Waals surface area contributed by atoms with Crippen molar-refractivity contribution in [2.75, 3.05) is 5.32 Å². The molecule has 1 N–H and O–H groups in total. The van der Waals surface area contributed by atoms with Gasteiger partial charge in [-0.15, -0.1) is 0 Å². The van der Waals surface area contributed by atoms with Gasteiger partial charge in [0.2, 0.25) is 5.91 Å². The largest absolute Gasteiger partial charge is 0.326 e. The van der Waals surface area contributed by atoms with Crippen LogP contribution in [0.2, 0.25) is 0 Å². The highest BCUT2D eigenvalue weighted by molar-refractivity contribution is 6.16. The first-order valence-electron chi connectivity index (χ1n) is 11.1. The number of carbonyl (C=O) groups is 1. The number of carbonyl (C=O) groups excluding carboxylic acids is 1. The molecule has 2 fully saturated rings. The van der Waals surface area contributed by atoms with E-state index in [0.29, 0.717) is 23.4 Å². The summed E-state index contributed by atoms with van der Waals surface area (Å²) in [5.41, 5.74) is 4.95. The Kier molecular flexibility index (Phi) is 5.70. The second kappa shape index (κ2) is 8.79. The Hall–Kier alpha value is -3.12. The van der Waals surface area contributed by atoms with Crippen LogP contribution in [-0.2, 0) is 11.2 Å². The van der Waals surface area contributed by atoms with E-state index >= 15 is 0 Å². The van der Waals surface area contributed by atoms with Crippen molar-refractivity contribution in [2.24, 2.45) is 0 Å². The summed E-state index contributed by atoms with van der Waals surface area (Å²) in [6.07, 6.45) is 14.3. The smallest absolute Gasteiger partial charge is 0.230 e. The number of nitrogens with one attached hydrogen (secondary N) is 1. The van der Waals surface area contributed by atoms with E-state index in [-0.39, 0.29) is 12.3 Å². The lowest BCUT2D eigenvalue weighted by atomic mass is 10.2. The Morgan fingerprint density at radius 1 is 1.16 bits per heavy atom. The van der Waals surface area contributed by atoms with Gasteiger partial charge in [-0.3, -0.25) is 4.79 Å². The average Bonchev–Trinajstić information content (AvgIpc) is 3.71. The van der Waals surface area contributed by atoms with Gasteiger partial charge in [-0.25, -0.2) is 13.8 Å². The quantitative estimate of drug-likeness (QED) is 0.457. The van der Waals surface area contributed by atoms with Gasteiger partial charge in [-0.1, -0.05) is 18.2 Å². The number of halogens is 1. The van der Waals surface area contributed by atoms with Crippen LogP contribution in [0.15, 0.2) is 54.8 Å². The molecule has 0 aliphatic heterocycles. The van der Waals surface area contributed by atoms with Gasteiger partial charge in [-0.2, -0.15) is 5.10 Å². The van der Waals surface area contributed by atoms with Crippen LogP contribution in [0.25, 0.3) is 11.8 Å². The van der Waals surface area contributed by atoms with E-state index < -0.39 is 0 Å². The molecule has 2 saturated carbocycles. The second-order valence-electron chi connectivity index (χ2n) is 8.51. The minimum atomic E-state index is -0.134. The van der Waals surface area contributed by atoms with Crippen LogP contribution in [0.4, 0.5) is 5.69 Å². The Labute approximate surface area is 192 Å². The molecule has 2 aliphatic carbocycles. The van der Waals surface area contributed by atoms with Gasteiger partial charge >= 0.3 is 0 Å². The number of aromatic nitrogens is 4. The van der Waals surface area contributed by atoms with Crippen molar-refractivity contribution < 1.29 is 4.79 Å². The third-order valence-corrected chi connectivity index (χ3v) is 6.04. The molecule has 5 rings (SSSR count). The van der Waals surface area contributed by atoms with Crippen molar-refractivity contribution in [2.45, 2.75) is 50.9 Å². The fraction of sp³-hybridized carbons (Fsp3) is 0.320. The first-order valence-corrected chi connectivity index (χ1v) is 11.5. The van der Waals surface area contributed by atoms with Gasteiger partial charge in [0.1, 0.15) is 5.82 Å². The van der Waals surface area contributed by atoms with Crippen LogP contribution < -0.4 is 5.32 Å². The maximum Gasteiger partial charge on any atom is 0.230 e. The molecule has 32 heavy (non-hydrogen) atoms. The molecule has 7 heteroatoms. The molecule has 0 unspecified atom stereocenters. The summed E-state index contributed by atoms with van der Waals surface area (Å²) < 4.78 is 3.49. The summed E-state index contributed by atoms with van der Waals surface area (Å²) in [5, 5.41) is 7.83. The van der Waals surface area contributed by atoms with Gasteiger partial charge in [0.15, 0.2) is 0 Å². The van der Waals surface area contributed by atoms with Crippen LogP contribution in [0, 0.1) is 0 Å². The van der Waals surface area contributed by atoms with Gasteiger partial charge in [-0.05, 0) is 69.0 Å². The Morgan fingerprint density at radius 2 is 1.91 bits per heavy atom. The molecule has 2 heterocycles. The highest BCUT2D eigenvalue weighted by atomic mass is 35.5. The first kappa shape index (κ1) is 20.8. The van der Waals surface area contributed by atoms with E-state index in [4.69, 9.17) is 16.9 Å². The maximum atomic E-state index is 12.5. The molecular formula is C25H26ClN5O. The molecule has 1 amide bonds. The molecule has 0 saturated heterocycles. The van der Waals surface area contributed by atoms with Crippen LogP contribution in [0.1, 0.15) is 67.3 Å². The third-order valence-electron chi connectivity index (χ3n) is 5.77. The summed E-state index contributed by atoms with van der Waals surface area (Å²) in [6, 6.07) is 10.2. The molecule has 0 bridgehead atoms. The standard InChI is InChI=1S/C25H26ClN5O/c1-2-3-4-5-24-27-20(16-30(24)26)14-25(32)28-19-10-12-21(13-11-19)31-23(18-8-9-18)15-22(29-31)17-6-7-17/h2-5,10-13,15-18H,6-9,14H2,1H3,(H,28,32)/b3-2-,5-4-. The number of hydrogen-bond donors (Lipinski definition) is 1. The molecule has 3 aromatic rings. The molecule has 2 aliphatic rings. The van der Waals surface area contributed by atoms with E-state index in [9.17, 15) is 4.79 Å². The molecular weight excluding hydrogens is 422 g/mol. The maximum absolute atomic E-state index is 12.5. The summed E-state index contributed by atoms with van der Waals surface area (Å²) in [7, 11) is 0. The summed E-state index contributed by atoms with van der Waals surface area (Å²) in [4.78, 5) is 16.9. The zero-order chi connectivity index (χ0) is 22.1. The molecule has 6 nitrogen and oxygen atoms in total. The van der Waals surface area contributed by atoms with Crippen molar-refractivity contribution in [1.29, 1.82) is 0 Å². The number of nitrogens with zero attached hydrogens (tertiary/aromatic N) is 4. The van der Waals surface area contributed by atoms with Crippen molar-refractivity contribution in [1.82, 2.24) is 18.9 Å². The van der Waals surface area contributed by atoms with Gasteiger partial charge < -0.3 is 5.32 Å². The van der Waals surface area contributed by atoms with Crippen molar-refractivity contribution in [3.8, 4) is 5.69 Å². The Bertz CT molecular complexity index is 1180. The third kappa shape index (κ3) is 4.70. The highest BCUT2D eigenvalue weighted by Crippen LogP contribution is 2.45. The topological polar surface area (TPSA) is 64.7 Å². The zero-order valence-electron chi connectivity index (χ0n) is 18.0. The minimum Gasteiger partial charge on any atom is -0.326 e. The summed E-state index contributed by atoms with van der Waals surface area (Å²) >= 11 is 6.15. The predicted octanol–water partition coefficient (Wildman–Crippen LogP) is 5.60. The lowest BCUT2D eigenvalue weighted by Gasteiger charge is -2.09. The molecule has 2 aromatic heterocycles. The van der Waals surface area contributed by atoms with Crippen LogP contribution >= 0.6 is 11.8 Å². The highest BCUT2D eigenvalue weighted by Gasteiger charge is 2.32. The SMILES string of the molecule is C/C=C\C=C/c1nc(CC(=O)Nc2ccc(-n3nc(C4CC4)cc3C3CC3)cc2)cn1Cl. The van der Waals surface area contributed by atoms with Crippen LogP contribution in [0.5, 0.6) is 0 Å². The Balaban J connectivity index is 1.24. The van der Waals surface area contributed by atoms with E-state index in [0.717, 1.165) is 11.4 Å². The number of benzene rings is 1. The normalized spacial score (nSPS) is 16.3. The van der Waals surface area contributed by atoms with Crippen molar-refractivity contribution >= 4 is 29.4 Å². The number of imidazole rings is 1. The zero-order valence-corrected chi connectivity index (χ0v) is 18.8. The summed E-state index contributed by atoms with van der Waals surface area (Å²) in [5.74, 6) is 1.73. The van der Waals surface area contributed by atoms with Gasteiger partial charge in [0, 0.05) is 41.2 Å². The van der Waals surface area contributed by atoms with E-state index in [2.05, 4.69) is 21.0 Å². The number of anilines is 1. The number of amides is 1. The number of allylic oxidation sites excluding steroid dienone is 3. The van der Waals surface area contributed by atoms with E-state index in [1.54, 1.807) is 12.3 Å². The number of rotatable bonds is 8. The predicted molar refractivity (Wildman–Crippen MR) is 127 cm³/mol.